The summed E-state index contributed by atoms with van der Waals surface area (Å²) in [6.45, 7) is 11.6. The summed E-state index contributed by atoms with van der Waals surface area (Å²) in [5, 5.41) is 6.74. The van der Waals surface area contributed by atoms with Gasteiger partial charge in [0, 0.05) is 52.9 Å². The van der Waals surface area contributed by atoms with Crippen molar-refractivity contribution in [3.05, 3.63) is 30.3 Å². The summed E-state index contributed by atoms with van der Waals surface area (Å²) in [7, 11) is 1.82. The van der Waals surface area contributed by atoms with E-state index < -0.39 is 0 Å². The number of hydrogen-bond donors (Lipinski definition) is 2. The van der Waals surface area contributed by atoms with Crippen LogP contribution < -0.4 is 15.4 Å². The fourth-order valence-corrected chi connectivity index (χ4v) is 2.87. The van der Waals surface area contributed by atoms with E-state index in [-0.39, 0.29) is 0 Å². The van der Waals surface area contributed by atoms with Crippen LogP contribution in [0.1, 0.15) is 13.3 Å². The number of para-hydroxylation sites is 1. The quantitative estimate of drug-likeness (QED) is 0.400. The Balaban J connectivity index is 1.51. The molecule has 25 heavy (non-hydrogen) atoms. The van der Waals surface area contributed by atoms with Crippen LogP contribution >= 0.6 is 0 Å². The molecule has 1 aromatic rings. The van der Waals surface area contributed by atoms with Crippen molar-refractivity contribution in [3.63, 3.8) is 0 Å². The van der Waals surface area contributed by atoms with Crippen LogP contribution in [0.5, 0.6) is 5.75 Å². The van der Waals surface area contributed by atoms with E-state index in [2.05, 4.69) is 32.3 Å². The zero-order valence-corrected chi connectivity index (χ0v) is 15.7. The molecular formula is C19H33N5O. The van der Waals surface area contributed by atoms with Gasteiger partial charge < -0.3 is 20.3 Å². The molecule has 0 spiro atoms. The van der Waals surface area contributed by atoms with E-state index in [4.69, 9.17) is 4.74 Å². The Hall–Kier alpha value is -1.79. The number of benzene rings is 1. The highest BCUT2D eigenvalue weighted by molar-refractivity contribution is 5.79. The van der Waals surface area contributed by atoms with Crippen molar-refractivity contribution in [2.24, 2.45) is 4.99 Å². The predicted molar refractivity (Wildman–Crippen MR) is 104 cm³/mol. The van der Waals surface area contributed by atoms with Crippen molar-refractivity contribution in [2.75, 3.05) is 66.0 Å². The SMILES string of the molecule is CCN1CCN(CCNC(=NC)NCCCOc2ccccc2)CC1. The summed E-state index contributed by atoms with van der Waals surface area (Å²) in [5.74, 6) is 1.79. The van der Waals surface area contributed by atoms with Crippen LogP contribution in [0, 0.1) is 0 Å². The van der Waals surface area contributed by atoms with Gasteiger partial charge in [-0.3, -0.25) is 9.89 Å². The molecule has 1 aliphatic heterocycles. The van der Waals surface area contributed by atoms with E-state index in [0.717, 1.165) is 44.3 Å². The molecule has 1 fully saturated rings. The molecule has 0 amide bonds. The maximum atomic E-state index is 5.69. The van der Waals surface area contributed by atoms with Crippen LogP contribution in [0.15, 0.2) is 35.3 Å². The van der Waals surface area contributed by atoms with E-state index >= 15 is 0 Å². The average molecular weight is 348 g/mol. The lowest BCUT2D eigenvalue weighted by molar-refractivity contribution is 0.139. The summed E-state index contributed by atoms with van der Waals surface area (Å²) in [6, 6.07) is 9.93. The number of nitrogens with one attached hydrogen (secondary N) is 2. The fourth-order valence-electron chi connectivity index (χ4n) is 2.87. The number of ether oxygens (including phenoxy) is 1. The summed E-state index contributed by atoms with van der Waals surface area (Å²) in [5.41, 5.74) is 0. The van der Waals surface area contributed by atoms with Crippen LogP contribution in [0.4, 0.5) is 0 Å². The zero-order valence-electron chi connectivity index (χ0n) is 15.7. The molecule has 6 nitrogen and oxygen atoms in total. The number of likely N-dealkylation sites (N-methyl/N-ethyl adjacent to an activating group) is 1. The van der Waals surface area contributed by atoms with Crippen LogP contribution in [0.3, 0.4) is 0 Å². The summed E-state index contributed by atoms with van der Waals surface area (Å²) >= 11 is 0. The summed E-state index contributed by atoms with van der Waals surface area (Å²) in [6.07, 6.45) is 0.939. The number of hydrogen-bond acceptors (Lipinski definition) is 4. The molecule has 0 bridgehead atoms. The van der Waals surface area contributed by atoms with Crippen molar-refractivity contribution < 1.29 is 4.74 Å². The number of nitrogens with zero attached hydrogens (tertiary/aromatic N) is 3. The molecule has 1 aromatic carbocycles. The summed E-state index contributed by atoms with van der Waals surface area (Å²) < 4.78 is 5.69. The predicted octanol–water partition coefficient (Wildman–Crippen LogP) is 1.26. The molecule has 0 aliphatic carbocycles. The van der Waals surface area contributed by atoms with E-state index in [1.54, 1.807) is 0 Å². The van der Waals surface area contributed by atoms with E-state index in [9.17, 15) is 0 Å². The molecule has 2 N–H and O–H groups in total. The highest BCUT2D eigenvalue weighted by atomic mass is 16.5. The lowest BCUT2D eigenvalue weighted by Crippen LogP contribution is -2.49. The summed E-state index contributed by atoms with van der Waals surface area (Å²) in [4.78, 5) is 9.29. The molecule has 0 radical (unpaired) electrons. The molecular weight excluding hydrogens is 314 g/mol. The van der Waals surface area contributed by atoms with Gasteiger partial charge in [-0.2, -0.15) is 0 Å². The molecule has 2 rings (SSSR count). The Morgan fingerprint density at radius 3 is 2.40 bits per heavy atom. The Bertz CT molecular complexity index is 486. The number of aliphatic imine (C=N–C) groups is 1. The van der Waals surface area contributed by atoms with Gasteiger partial charge in [0.1, 0.15) is 5.75 Å². The Kier molecular flexibility index (Phi) is 9.15. The number of guanidine groups is 1. The normalized spacial score (nSPS) is 16.6. The number of piperazine rings is 1. The van der Waals surface area contributed by atoms with E-state index in [0.29, 0.717) is 6.61 Å². The Labute approximate surface area is 152 Å². The van der Waals surface area contributed by atoms with Crippen LogP contribution in [0.25, 0.3) is 0 Å². The van der Waals surface area contributed by atoms with Crippen molar-refractivity contribution >= 4 is 5.96 Å². The second-order valence-corrected chi connectivity index (χ2v) is 6.22. The molecule has 0 atom stereocenters. The fraction of sp³-hybridized carbons (Fsp3) is 0.632. The third kappa shape index (κ3) is 7.75. The third-order valence-corrected chi connectivity index (χ3v) is 4.48. The highest BCUT2D eigenvalue weighted by Gasteiger charge is 2.14. The van der Waals surface area contributed by atoms with Crippen LogP contribution in [0.2, 0.25) is 0 Å². The van der Waals surface area contributed by atoms with Gasteiger partial charge in [-0.15, -0.1) is 0 Å². The first-order valence-electron chi connectivity index (χ1n) is 9.39. The standard InChI is InChI=1S/C19H33N5O/c1-3-23-13-15-24(16-14-23)12-11-22-19(20-2)21-10-7-17-25-18-8-5-4-6-9-18/h4-6,8-9H,3,7,10-17H2,1-2H3,(H2,20,21,22). The third-order valence-electron chi connectivity index (χ3n) is 4.48. The van der Waals surface area contributed by atoms with E-state index in [1.165, 1.54) is 26.2 Å². The molecule has 140 valence electrons. The number of rotatable bonds is 9. The van der Waals surface area contributed by atoms with Crippen molar-refractivity contribution in [3.8, 4) is 5.75 Å². The van der Waals surface area contributed by atoms with Crippen molar-refractivity contribution in [2.45, 2.75) is 13.3 Å². The van der Waals surface area contributed by atoms with Gasteiger partial charge in [-0.25, -0.2) is 0 Å². The molecule has 1 saturated heterocycles. The monoisotopic (exact) mass is 347 g/mol. The molecule has 0 aromatic heterocycles. The molecule has 1 heterocycles. The average Bonchev–Trinajstić information content (AvgIpc) is 2.67. The van der Waals surface area contributed by atoms with Crippen LogP contribution in [-0.4, -0.2) is 81.8 Å². The van der Waals surface area contributed by atoms with Gasteiger partial charge in [0.25, 0.3) is 0 Å². The largest absolute Gasteiger partial charge is 0.494 e. The molecule has 0 unspecified atom stereocenters. The highest BCUT2D eigenvalue weighted by Crippen LogP contribution is 2.08. The van der Waals surface area contributed by atoms with Crippen molar-refractivity contribution in [1.82, 2.24) is 20.4 Å². The second kappa shape index (κ2) is 11.7. The maximum absolute atomic E-state index is 5.69. The minimum atomic E-state index is 0.704. The van der Waals surface area contributed by atoms with Gasteiger partial charge in [-0.1, -0.05) is 25.1 Å². The van der Waals surface area contributed by atoms with Crippen molar-refractivity contribution in [1.29, 1.82) is 0 Å². The maximum Gasteiger partial charge on any atom is 0.191 e. The molecule has 1 aliphatic rings. The van der Waals surface area contributed by atoms with E-state index in [1.807, 2.05) is 37.4 Å². The van der Waals surface area contributed by atoms with Gasteiger partial charge >= 0.3 is 0 Å². The molecule has 6 heteroatoms. The topological polar surface area (TPSA) is 52.1 Å². The van der Waals surface area contributed by atoms with Gasteiger partial charge in [0.2, 0.25) is 0 Å². The first-order chi connectivity index (χ1) is 12.3. The second-order valence-electron chi connectivity index (χ2n) is 6.22. The van der Waals surface area contributed by atoms with Gasteiger partial charge in [0.05, 0.1) is 6.61 Å². The molecule has 0 saturated carbocycles. The minimum absolute atomic E-state index is 0.704. The first-order valence-corrected chi connectivity index (χ1v) is 9.39. The zero-order chi connectivity index (χ0) is 17.7. The lowest BCUT2D eigenvalue weighted by atomic mass is 10.3. The lowest BCUT2D eigenvalue weighted by Gasteiger charge is -2.34. The van der Waals surface area contributed by atoms with Gasteiger partial charge in [0.15, 0.2) is 5.96 Å². The smallest absolute Gasteiger partial charge is 0.191 e. The Morgan fingerprint density at radius 2 is 1.72 bits per heavy atom. The Morgan fingerprint density at radius 1 is 1.04 bits per heavy atom. The minimum Gasteiger partial charge on any atom is -0.494 e. The van der Waals surface area contributed by atoms with Gasteiger partial charge in [-0.05, 0) is 25.1 Å². The van der Waals surface area contributed by atoms with Crippen LogP contribution in [-0.2, 0) is 0 Å². The first kappa shape index (κ1) is 19.5.